The van der Waals surface area contributed by atoms with Crippen LogP contribution in [0.3, 0.4) is 0 Å². The van der Waals surface area contributed by atoms with Crippen LogP contribution < -0.4 is 5.32 Å². The predicted octanol–water partition coefficient (Wildman–Crippen LogP) is 2.35. The molecule has 0 saturated carbocycles. The zero-order valence-corrected chi connectivity index (χ0v) is 8.97. The van der Waals surface area contributed by atoms with Gasteiger partial charge in [-0.2, -0.15) is 0 Å². The Hall–Kier alpha value is -1.13. The van der Waals surface area contributed by atoms with Crippen molar-refractivity contribution >= 4 is 11.3 Å². The van der Waals surface area contributed by atoms with Gasteiger partial charge in [0.15, 0.2) is 0 Å². The van der Waals surface area contributed by atoms with Gasteiger partial charge in [0.25, 0.3) is 0 Å². The number of hydrogen-bond acceptors (Lipinski definition) is 4. The topological polar surface area (TPSA) is 38.1 Å². The molecule has 0 saturated heterocycles. The molecule has 0 aliphatic heterocycles. The third-order valence-electron chi connectivity index (χ3n) is 2.21. The van der Waals surface area contributed by atoms with Crippen molar-refractivity contribution in [3.63, 3.8) is 0 Å². The quantitative estimate of drug-likeness (QED) is 0.841. The summed E-state index contributed by atoms with van der Waals surface area (Å²) in [5, 5.41) is 3.26. The second kappa shape index (κ2) is 3.94. The molecular weight excluding hydrogens is 196 g/mol. The minimum atomic E-state index is 0.196. The number of rotatable bonds is 3. The van der Waals surface area contributed by atoms with Crippen LogP contribution in [-0.4, -0.2) is 12.0 Å². The van der Waals surface area contributed by atoms with E-state index in [2.05, 4.69) is 10.3 Å². The molecule has 0 fully saturated rings. The van der Waals surface area contributed by atoms with E-state index in [0.717, 1.165) is 11.3 Å². The molecule has 1 atom stereocenters. The number of thiazole rings is 1. The van der Waals surface area contributed by atoms with Gasteiger partial charge in [-0.25, -0.2) is 4.98 Å². The first-order chi connectivity index (χ1) is 6.83. The van der Waals surface area contributed by atoms with E-state index < -0.39 is 0 Å². The van der Waals surface area contributed by atoms with Gasteiger partial charge in [0.1, 0.15) is 0 Å². The van der Waals surface area contributed by atoms with Crippen LogP contribution in [0.15, 0.2) is 28.5 Å². The highest BCUT2D eigenvalue weighted by molar-refractivity contribution is 7.09. The molecule has 0 radical (unpaired) electrons. The number of nitrogens with zero attached hydrogens (tertiary/aromatic N) is 1. The van der Waals surface area contributed by atoms with Crippen LogP contribution in [0.4, 0.5) is 0 Å². The van der Waals surface area contributed by atoms with Crippen LogP contribution in [0, 0.1) is 6.92 Å². The van der Waals surface area contributed by atoms with Gasteiger partial charge in [0, 0.05) is 10.4 Å². The van der Waals surface area contributed by atoms with Crippen LogP contribution >= 0.6 is 11.3 Å². The van der Waals surface area contributed by atoms with Crippen LogP contribution in [-0.2, 0) is 0 Å². The summed E-state index contributed by atoms with van der Waals surface area (Å²) in [5.74, 6) is 0. The lowest BCUT2D eigenvalue weighted by Gasteiger charge is -2.12. The molecule has 0 aliphatic carbocycles. The van der Waals surface area contributed by atoms with Crippen molar-refractivity contribution < 1.29 is 4.42 Å². The molecule has 1 N–H and O–H groups in total. The summed E-state index contributed by atoms with van der Waals surface area (Å²) in [6.45, 7) is 2.02. The second-order valence-corrected chi connectivity index (χ2v) is 3.97. The molecule has 4 heteroatoms. The van der Waals surface area contributed by atoms with Gasteiger partial charge < -0.3 is 9.73 Å². The van der Waals surface area contributed by atoms with Crippen molar-refractivity contribution in [3.8, 4) is 0 Å². The molecule has 0 aliphatic rings. The molecule has 74 valence electrons. The molecular formula is C10H12N2OS. The van der Waals surface area contributed by atoms with Crippen LogP contribution in [0.25, 0.3) is 0 Å². The predicted molar refractivity (Wildman–Crippen MR) is 56.5 cm³/mol. The first-order valence-corrected chi connectivity index (χ1v) is 5.30. The van der Waals surface area contributed by atoms with Gasteiger partial charge in [-0.1, -0.05) is 0 Å². The first-order valence-electron chi connectivity index (χ1n) is 4.42. The fourth-order valence-corrected chi connectivity index (χ4v) is 2.41. The molecule has 2 heterocycles. The Bertz CT molecular complexity index is 394. The van der Waals surface area contributed by atoms with Gasteiger partial charge in [-0.05, 0) is 20.0 Å². The second-order valence-electron chi connectivity index (χ2n) is 3.08. The van der Waals surface area contributed by atoms with Crippen LogP contribution in [0.5, 0.6) is 0 Å². The minimum Gasteiger partial charge on any atom is -0.472 e. The largest absolute Gasteiger partial charge is 0.472 e. The maximum atomic E-state index is 5.08. The molecule has 0 bridgehead atoms. The molecule has 2 aromatic rings. The highest BCUT2D eigenvalue weighted by Gasteiger charge is 2.16. The molecule has 2 aromatic heterocycles. The SMILES string of the molecule is CNC(c1ccoc1)c1scnc1C. The Labute approximate surface area is 86.8 Å². The lowest BCUT2D eigenvalue weighted by atomic mass is 10.1. The maximum absolute atomic E-state index is 5.08. The summed E-state index contributed by atoms with van der Waals surface area (Å²) in [6.07, 6.45) is 3.45. The number of furan rings is 1. The third kappa shape index (κ3) is 1.58. The van der Waals surface area contributed by atoms with E-state index in [4.69, 9.17) is 4.42 Å². The summed E-state index contributed by atoms with van der Waals surface area (Å²) in [4.78, 5) is 5.49. The number of nitrogens with one attached hydrogen (secondary N) is 1. The van der Waals surface area contributed by atoms with E-state index in [9.17, 15) is 0 Å². The average molecular weight is 208 g/mol. The smallest absolute Gasteiger partial charge is 0.0954 e. The molecule has 1 unspecified atom stereocenters. The lowest BCUT2D eigenvalue weighted by Crippen LogP contribution is -2.16. The zero-order valence-electron chi connectivity index (χ0n) is 8.15. The number of hydrogen-bond donors (Lipinski definition) is 1. The summed E-state index contributed by atoms with van der Waals surface area (Å²) in [7, 11) is 1.94. The van der Waals surface area contributed by atoms with E-state index in [1.165, 1.54) is 4.88 Å². The van der Waals surface area contributed by atoms with E-state index in [1.54, 1.807) is 23.9 Å². The standard InChI is InChI=1S/C10H12N2OS/c1-7-10(14-6-12-7)9(11-2)8-3-4-13-5-8/h3-6,9,11H,1-2H3. The molecule has 3 nitrogen and oxygen atoms in total. The van der Waals surface area contributed by atoms with Gasteiger partial charge in [0.05, 0.1) is 29.8 Å². The highest BCUT2D eigenvalue weighted by Crippen LogP contribution is 2.27. The van der Waals surface area contributed by atoms with Crippen molar-refractivity contribution in [2.24, 2.45) is 0 Å². The minimum absolute atomic E-state index is 0.196. The highest BCUT2D eigenvalue weighted by atomic mass is 32.1. The fourth-order valence-electron chi connectivity index (χ4n) is 1.48. The summed E-state index contributed by atoms with van der Waals surface area (Å²) < 4.78 is 5.08. The van der Waals surface area contributed by atoms with Crippen molar-refractivity contribution in [1.29, 1.82) is 0 Å². The van der Waals surface area contributed by atoms with Gasteiger partial charge in [-0.15, -0.1) is 11.3 Å². The van der Waals surface area contributed by atoms with Crippen LogP contribution in [0.2, 0.25) is 0 Å². The van der Waals surface area contributed by atoms with E-state index >= 15 is 0 Å². The van der Waals surface area contributed by atoms with Crippen molar-refractivity contribution in [2.45, 2.75) is 13.0 Å². The number of aromatic nitrogens is 1. The Balaban J connectivity index is 2.36. The average Bonchev–Trinajstić information content (AvgIpc) is 2.80. The van der Waals surface area contributed by atoms with E-state index in [-0.39, 0.29) is 6.04 Å². The molecule has 0 aromatic carbocycles. The summed E-state index contributed by atoms with van der Waals surface area (Å²) in [5.41, 5.74) is 4.09. The Kier molecular flexibility index (Phi) is 2.65. The number of aryl methyl sites for hydroxylation is 1. The van der Waals surface area contributed by atoms with Crippen molar-refractivity contribution in [2.75, 3.05) is 7.05 Å². The zero-order chi connectivity index (χ0) is 9.97. The van der Waals surface area contributed by atoms with Gasteiger partial charge in [0.2, 0.25) is 0 Å². The lowest BCUT2D eigenvalue weighted by molar-refractivity contribution is 0.558. The van der Waals surface area contributed by atoms with Crippen molar-refractivity contribution in [3.05, 3.63) is 40.2 Å². The maximum Gasteiger partial charge on any atom is 0.0954 e. The molecule has 2 rings (SSSR count). The summed E-state index contributed by atoms with van der Waals surface area (Å²) in [6, 6.07) is 2.17. The molecule has 0 spiro atoms. The molecule has 0 amide bonds. The normalized spacial score (nSPS) is 13.0. The van der Waals surface area contributed by atoms with E-state index in [0.29, 0.717) is 0 Å². The van der Waals surface area contributed by atoms with Gasteiger partial charge in [-0.3, -0.25) is 0 Å². The Morgan fingerprint density at radius 1 is 1.57 bits per heavy atom. The van der Waals surface area contributed by atoms with Crippen LogP contribution in [0.1, 0.15) is 22.2 Å². The van der Waals surface area contributed by atoms with Crippen molar-refractivity contribution in [1.82, 2.24) is 10.3 Å². The summed E-state index contributed by atoms with van der Waals surface area (Å²) >= 11 is 1.67. The Morgan fingerprint density at radius 2 is 2.43 bits per heavy atom. The first kappa shape index (κ1) is 9.43. The fraction of sp³-hybridized carbons (Fsp3) is 0.300. The monoisotopic (exact) mass is 208 g/mol. The third-order valence-corrected chi connectivity index (χ3v) is 3.21. The molecule has 14 heavy (non-hydrogen) atoms. The van der Waals surface area contributed by atoms with E-state index in [1.807, 2.05) is 25.5 Å². The van der Waals surface area contributed by atoms with Gasteiger partial charge >= 0.3 is 0 Å². The Morgan fingerprint density at radius 3 is 2.93 bits per heavy atom.